The number of aryl methyl sites for hydroxylation is 2. The number of hydrogen-bond acceptors (Lipinski definition) is 6. The molecule has 9 nitrogen and oxygen atoms in total. The summed E-state index contributed by atoms with van der Waals surface area (Å²) in [7, 11) is 0. The summed E-state index contributed by atoms with van der Waals surface area (Å²) in [5, 5.41) is 16.0. The molecule has 1 aromatic carbocycles. The van der Waals surface area contributed by atoms with Crippen LogP contribution >= 0.6 is 0 Å². The van der Waals surface area contributed by atoms with Gasteiger partial charge < -0.3 is 10.1 Å². The number of amides is 1. The van der Waals surface area contributed by atoms with Crippen LogP contribution in [0.25, 0.3) is 5.69 Å². The summed E-state index contributed by atoms with van der Waals surface area (Å²) < 4.78 is 7.05. The number of nitrogens with zero attached hydrogens (tertiary/aromatic N) is 5. The molecule has 1 amide bonds. The fourth-order valence-corrected chi connectivity index (χ4v) is 4.03. The Labute approximate surface area is 172 Å². The molecular formula is C21H22N6O3. The van der Waals surface area contributed by atoms with E-state index >= 15 is 0 Å². The molecule has 5 rings (SSSR count). The first kappa shape index (κ1) is 18.7. The van der Waals surface area contributed by atoms with E-state index in [-0.39, 0.29) is 29.2 Å². The highest BCUT2D eigenvalue weighted by atomic mass is 16.5. The molecule has 2 unspecified atom stereocenters. The van der Waals surface area contributed by atoms with Crippen molar-refractivity contribution in [3.05, 3.63) is 69.9 Å². The third kappa shape index (κ3) is 3.52. The van der Waals surface area contributed by atoms with Crippen molar-refractivity contribution in [2.75, 3.05) is 13.2 Å². The fraction of sp³-hybridized carbons (Fsp3) is 0.381. The maximum absolute atomic E-state index is 12.7. The lowest BCUT2D eigenvalue weighted by Crippen LogP contribution is -2.44. The van der Waals surface area contributed by atoms with Gasteiger partial charge in [-0.1, -0.05) is 18.2 Å². The molecule has 0 radical (unpaired) electrons. The van der Waals surface area contributed by atoms with Crippen LogP contribution in [0.5, 0.6) is 0 Å². The third-order valence-electron chi connectivity index (χ3n) is 5.63. The molecule has 9 heteroatoms. The monoisotopic (exact) mass is 406 g/mol. The number of para-hydroxylation sites is 1. The van der Waals surface area contributed by atoms with Gasteiger partial charge in [-0.2, -0.15) is 15.0 Å². The second-order valence-electron chi connectivity index (χ2n) is 7.65. The Morgan fingerprint density at radius 1 is 1.10 bits per heavy atom. The van der Waals surface area contributed by atoms with Crippen LogP contribution in [0, 0.1) is 0 Å². The zero-order valence-corrected chi connectivity index (χ0v) is 16.4. The summed E-state index contributed by atoms with van der Waals surface area (Å²) >= 11 is 0. The van der Waals surface area contributed by atoms with Gasteiger partial charge in [0.15, 0.2) is 5.69 Å². The molecule has 1 aliphatic carbocycles. The van der Waals surface area contributed by atoms with Crippen LogP contribution in [0.15, 0.2) is 47.4 Å². The standard InChI is InChI=1S/C21H22N6O3/c28-20-10-14-6-4-5-9-16(14)24-26(20)19-13-30-12-18(19)23-21(29)17-11-22-27(25-17)15-7-2-1-3-8-15/h1-3,7-8,10-11,18-19H,4-6,9,12-13H2,(H,23,29). The number of carbonyl (C=O) groups excluding carboxylic acids is 1. The van der Waals surface area contributed by atoms with E-state index < -0.39 is 0 Å². The molecule has 30 heavy (non-hydrogen) atoms. The average molecular weight is 406 g/mol. The van der Waals surface area contributed by atoms with Crippen molar-refractivity contribution >= 4 is 5.91 Å². The maximum Gasteiger partial charge on any atom is 0.273 e. The largest absolute Gasteiger partial charge is 0.377 e. The highest BCUT2D eigenvalue weighted by Crippen LogP contribution is 2.21. The average Bonchev–Trinajstić information content (AvgIpc) is 3.44. The summed E-state index contributed by atoms with van der Waals surface area (Å²) in [5.74, 6) is -0.358. The Hall–Kier alpha value is -3.33. The summed E-state index contributed by atoms with van der Waals surface area (Å²) in [6.07, 6.45) is 5.37. The van der Waals surface area contributed by atoms with E-state index in [1.54, 1.807) is 6.07 Å². The van der Waals surface area contributed by atoms with Gasteiger partial charge in [-0.25, -0.2) is 4.68 Å². The SMILES string of the molecule is O=C(NC1COCC1n1nc2c(cc1=O)CCCC2)c1cnn(-c2ccccc2)n1. The number of nitrogens with one attached hydrogen (secondary N) is 1. The molecule has 1 saturated heterocycles. The van der Waals surface area contributed by atoms with E-state index in [2.05, 4.69) is 20.6 Å². The van der Waals surface area contributed by atoms with Gasteiger partial charge in [0.1, 0.15) is 6.04 Å². The smallest absolute Gasteiger partial charge is 0.273 e. The van der Waals surface area contributed by atoms with Crippen LogP contribution in [0.2, 0.25) is 0 Å². The molecular weight excluding hydrogens is 384 g/mol. The highest BCUT2D eigenvalue weighted by molar-refractivity contribution is 5.92. The summed E-state index contributed by atoms with van der Waals surface area (Å²) in [4.78, 5) is 26.8. The van der Waals surface area contributed by atoms with Crippen LogP contribution in [-0.2, 0) is 17.6 Å². The third-order valence-corrected chi connectivity index (χ3v) is 5.63. The molecule has 2 aromatic heterocycles. The Bertz CT molecular complexity index is 1120. The lowest BCUT2D eigenvalue weighted by molar-refractivity contribution is 0.0919. The van der Waals surface area contributed by atoms with E-state index in [4.69, 9.17) is 4.74 Å². The molecule has 2 atom stereocenters. The van der Waals surface area contributed by atoms with Crippen molar-refractivity contribution in [1.82, 2.24) is 30.1 Å². The van der Waals surface area contributed by atoms with E-state index in [0.717, 1.165) is 42.6 Å². The number of ether oxygens (including phenoxy) is 1. The number of fused-ring (bicyclic) bond motifs is 1. The molecule has 1 N–H and O–H groups in total. The zero-order valence-electron chi connectivity index (χ0n) is 16.4. The number of benzene rings is 1. The van der Waals surface area contributed by atoms with Crippen molar-refractivity contribution in [3.63, 3.8) is 0 Å². The van der Waals surface area contributed by atoms with E-state index in [9.17, 15) is 9.59 Å². The first-order chi connectivity index (χ1) is 14.7. The number of rotatable bonds is 4. The second-order valence-corrected chi connectivity index (χ2v) is 7.65. The van der Waals surface area contributed by atoms with Gasteiger partial charge in [-0.3, -0.25) is 9.59 Å². The van der Waals surface area contributed by atoms with Gasteiger partial charge in [0, 0.05) is 6.07 Å². The Kier molecular flexibility index (Phi) is 4.88. The van der Waals surface area contributed by atoms with E-state index in [0.29, 0.717) is 13.2 Å². The van der Waals surface area contributed by atoms with Crippen LogP contribution in [-0.4, -0.2) is 49.9 Å². The molecule has 154 valence electrons. The van der Waals surface area contributed by atoms with Crippen LogP contribution in [0.1, 0.15) is 40.6 Å². The number of carbonyl (C=O) groups is 1. The predicted octanol–water partition coefficient (Wildman–Crippen LogP) is 1.07. The number of hydrogen-bond donors (Lipinski definition) is 1. The molecule has 2 aliphatic rings. The van der Waals surface area contributed by atoms with Crippen molar-refractivity contribution in [1.29, 1.82) is 0 Å². The first-order valence-electron chi connectivity index (χ1n) is 10.2. The number of aromatic nitrogens is 5. The topological polar surface area (TPSA) is 104 Å². The van der Waals surface area contributed by atoms with Crippen molar-refractivity contribution < 1.29 is 9.53 Å². The van der Waals surface area contributed by atoms with Gasteiger partial charge in [0.05, 0.1) is 36.8 Å². The summed E-state index contributed by atoms with van der Waals surface area (Å²) in [6, 6.07) is 10.3. The molecule has 0 spiro atoms. The Morgan fingerprint density at radius 2 is 1.93 bits per heavy atom. The molecule has 0 bridgehead atoms. The van der Waals surface area contributed by atoms with Crippen LogP contribution in [0.4, 0.5) is 0 Å². The normalized spacial score (nSPS) is 20.7. The van der Waals surface area contributed by atoms with Crippen molar-refractivity contribution in [3.8, 4) is 5.69 Å². The lowest BCUT2D eigenvalue weighted by atomic mass is 9.97. The predicted molar refractivity (Wildman–Crippen MR) is 108 cm³/mol. The van der Waals surface area contributed by atoms with Gasteiger partial charge >= 0.3 is 0 Å². The molecule has 0 saturated carbocycles. The molecule has 3 heterocycles. The zero-order chi connectivity index (χ0) is 20.5. The van der Waals surface area contributed by atoms with E-state index in [1.807, 2.05) is 30.3 Å². The van der Waals surface area contributed by atoms with E-state index in [1.165, 1.54) is 15.7 Å². The quantitative estimate of drug-likeness (QED) is 0.695. The lowest BCUT2D eigenvalue weighted by Gasteiger charge is -2.22. The molecule has 1 aliphatic heterocycles. The molecule has 3 aromatic rings. The van der Waals surface area contributed by atoms with Crippen LogP contribution in [0.3, 0.4) is 0 Å². The van der Waals surface area contributed by atoms with Gasteiger partial charge in [0.2, 0.25) is 0 Å². The minimum absolute atomic E-state index is 0.152. The van der Waals surface area contributed by atoms with Crippen molar-refractivity contribution in [2.24, 2.45) is 0 Å². The van der Waals surface area contributed by atoms with Gasteiger partial charge in [-0.05, 0) is 43.4 Å². The summed E-state index contributed by atoms with van der Waals surface area (Å²) in [6.45, 7) is 0.641. The van der Waals surface area contributed by atoms with Crippen molar-refractivity contribution in [2.45, 2.75) is 37.8 Å². The Morgan fingerprint density at radius 3 is 2.80 bits per heavy atom. The van der Waals surface area contributed by atoms with Gasteiger partial charge in [-0.15, -0.1) is 5.10 Å². The maximum atomic E-state index is 12.7. The minimum Gasteiger partial charge on any atom is -0.377 e. The first-order valence-corrected chi connectivity index (χ1v) is 10.2. The second kappa shape index (κ2) is 7.83. The fourth-order valence-electron chi connectivity index (χ4n) is 4.03. The van der Waals surface area contributed by atoms with Crippen LogP contribution < -0.4 is 10.9 Å². The Balaban J connectivity index is 1.34. The minimum atomic E-state index is -0.369. The molecule has 1 fully saturated rings. The highest BCUT2D eigenvalue weighted by Gasteiger charge is 2.34. The van der Waals surface area contributed by atoms with Gasteiger partial charge in [0.25, 0.3) is 11.5 Å². The summed E-state index contributed by atoms with van der Waals surface area (Å²) in [5.41, 5.74) is 2.84.